The lowest BCUT2D eigenvalue weighted by atomic mass is 9.73. The first kappa shape index (κ1) is 25.0. The van der Waals surface area contributed by atoms with Crippen molar-refractivity contribution in [1.82, 2.24) is 10.2 Å². The summed E-state index contributed by atoms with van der Waals surface area (Å²) in [5, 5.41) is 3.11. The quantitative estimate of drug-likeness (QED) is 0.533. The van der Waals surface area contributed by atoms with Gasteiger partial charge in [-0.15, -0.1) is 0 Å². The fraction of sp³-hybridized carbons (Fsp3) is 0.355. The smallest absolute Gasteiger partial charge is 0.255 e. The maximum absolute atomic E-state index is 13.8. The normalized spacial score (nSPS) is 23.1. The van der Waals surface area contributed by atoms with E-state index >= 15 is 0 Å². The van der Waals surface area contributed by atoms with Crippen molar-refractivity contribution >= 4 is 11.8 Å². The third-order valence-electron chi connectivity index (χ3n) is 7.83. The van der Waals surface area contributed by atoms with E-state index in [4.69, 9.17) is 9.47 Å². The van der Waals surface area contributed by atoms with Crippen molar-refractivity contribution in [2.75, 3.05) is 27.3 Å². The number of hydrogen-bond acceptors (Lipinski definition) is 4. The molecule has 1 fully saturated rings. The van der Waals surface area contributed by atoms with Crippen LogP contribution in [0, 0.1) is 0 Å². The number of ether oxygens (including phenoxy) is 2. The number of likely N-dealkylation sites (tertiary alicyclic amines) is 1. The Balaban J connectivity index is 1.29. The van der Waals surface area contributed by atoms with Crippen LogP contribution in [0.3, 0.4) is 0 Å². The van der Waals surface area contributed by atoms with Crippen LogP contribution in [-0.4, -0.2) is 56.2 Å². The number of para-hydroxylation sites is 1. The number of piperidine rings is 1. The highest BCUT2D eigenvalue weighted by Crippen LogP contribution is 2.43. The molecule has 192 valence electrons. The SMILES string of the molecule is COc1ccccc1C(=O)N[C@@H]1CCN(C(=O)[C@@H]2CC[C@H](c3ccccc3)c3ccccc32)C[C@@H]1OC. The van der Waals surface area contributed by atoms with E-state index in [2.05, 4.69) is 47.8 Å². The zero-order valence-electron chi connectivity index (χ0n) is 21.4. The Labute approximate surface area is 218 Å². The molecule has 4 atom stereocenters. The Hall–Kier alpha value is -3.64. The van der Waals surface area contributed by atoms with Gasteiger partial charge in [-0.25, -0.2) is 0 Å². The molecule has 2 aliphatic rings. The number of carbonyl (C=O) groups excluding carboxylic acids is 2. The van der Waals surface area contributed by atoms with Gasteiger partial charge in [0.15, 0.2) is 0 Å². The van der Waals surface area contributed by atoms with Crippen LogP contribution < -0.4 is 10.1 Å². The maximum Gasteiger partial charge on any atom is 0.255 e. The number of fused-ring (bicyclic) bond motifs is 1. The molecule has 1 saturated heterocycles. The van der Waals surface area contributed by atoms with Crippen LogP contribution in [-0.2, 0) is 9.53 Å². The molecule has 1 aliphatic carbocycles. The molecule has 0 saturated carbocycles. The van der Waals surface area contributed by atoms with Crippen molar-refractivity contribution in [3.8, 4) is 5.75 Å². The Morgan fingerprint density at radius 3 is 2.30 bits per heavy atom. The van der Waals surface area contributed by atoms with Gasteiger partial charge in [0.2, 0.25) is 5.91 Å². The van der Waals surface area contributed by atoms with Gasteiger partial charge in [-0.3, -0.25) is 9.59 Å². The van der Waals surface area contributed by atoms with Gasteiger partial charge in [0.25, 0.3) is 5.91 Å². The van der Waals surface area contributed by atoms with Gasteiger partial charge >= 0.3 is 0 Å². The van der Waals surface area contributed by atoms with Crippen molar-refractivity contribution < 1.29 is 19.1 Å². The highest BCUT2D eigenvalue weighted by Gasteiger charge is 2.38. The molecule has 1 heterocycles. The van der Waals surface area contributed by atoms with Crippen LogP contribution in [0.4, 0.5) is 0 Å². The first-order valence-electron chi connectivity index (χ1n) is 13.0. The molecule has 5 rings (SSSR count). The first-order chi connectivity index (χ1) is 18.1. The highest BCUT2D eigenvalue weighted by atomic mass is 16.5. The Kier molecular flexibility index (Phi) is 7.56. The van der Waals surface area contributed by atoms with Gasteiger partial charge < -0.3 is 19.7 Å². The molecule has 1 aliphatic heterocycles. The number of nitrogens with one attached hydrogen (secondary N) is 1. The van der Waals surface area contributed by atoms with Gasteiger partial charge in [0.05, 0.1) is 30.7 Å². The number of carbonyl (C=O) groups is 2. The van der Waals surface area contributed by atoms with E-state index in [1.165, 1.54) is 11.1 Å². The molecule has 37 heavy (non-hydrogen) atoms. The van der Waals surface area contributed by atoms with Crippen LogP contribution in [0.15, 0.2) is 78.9 Å². The summed E-state index contributed by atoms with van der Waals surface area (Å²) < 4.78 is 11.1. The van der Waals surface area contributed by atoms with E-state index in [0.717, 1.165) is 18.4 Å². The van der Waals surface area contributed by atoms with Crippen molar-refractivity contribution in [3.05, 3.63) is 101 Å². The predicted molar refractivity (Wildman–Crippen MR) is 143 cm³/mol. The summed E-state index contributed by atoms with van der Waals surface area (Å²) in [6.45, 7) is 1.03. The van der Waals surface area contributed by atoms with E-state index in [9.17, 15) is 9.59 Å². The van der Waals surface area contributed by atoms with Crippen LogP contribution in [0.2, 0.25) is 0 Å². The minimum atomic E-state index is -0.285. The van der Waals surface area contributed by atoms with E-state index in [1.54, 1.807) is 26.4 Å². The fourth-order valence-corrected chi connectivity index (χ4v) is 5.90. The summed E-state index contributed by atoms with van der Waals surface area (Å²) in [5.74, 6) is 0.636. The lowest BCUT2D eigenvalue weighted by Gasteiger charge is -2.41. The number of rotatable bonds is 6. The second kappa shape index (κ2) is 11.2. The van der Waals surface area contributed by atoms with Gasteiger partial charge in [-0.1, -0.05) is 66.7 Å². The van der Waals surface area contributed by atoms with Crippen LogP contribution in [0.5, 0.6) is 5.75 Å². The van der Waals surface area contributed by atoms with Crippen LogP contribution >= 0.6 is 0 Å². The molecule has 6 heteroatoms. The van der Waals surface area contributed by atoms with Crippen LogP contribution in [0.1, 0.15) is 58.1 Å². The Bertz CT molecular complexity index is 1240. The molecule has 0 aromatic heterocycles. The van der Waals surface area contributed by atoms with Crippen molar-refractivity contribution in [1.29, 1.82) is 0 Å². The standard InChI is InChI=1S/C31H34N2O4/c1-36-28-15-9-8-14-26(28)30(34)32-27-18-19-33(20-29(27)37-2)31(35)25-17-16-22(21-10-4-3-5-11-21)23-12-6-7-13-24(23)25/h3-15,22,25,27,29H,16-20H2,1-2H3,(H,32,34)/t22-,25-,27-,29+/m1/s1. The van der Waals surface area contributed by atoms with Crippen molar-refractivity contribution in [2.45, 2.75) is 43.2 Å². The second-order valence-corrected chi connectivity index (χ2v) is 9.85. The molecular formula is C31H34N2O4. The monoisotopic (exact) mass is 498 g/mol. The zero-order chi connectivity index (χ0) is 25.8. The summed E-state index contributed by atoms with van der Waals surface area (Å²) in [7, 11) is 3.20. The van der Waals surface area contributed by atoms with E-state index < -0.39 is 0 Å². The van der Waals surface area contributed by atoms with Gasteiger partial charge in [-0.05, 0) is 48.1 Å². The van der Waals surface area contributed by atoms with E-state index in [1.807, 2.05) is 29.2 Å². The minimum absolute atomic E-state index is 0.149. The molecule has 0 bridgehead atoms. The molecule has 1 N–H and O–H groups in total. The molecule has 6 nitrogen and oxygen atoms in total. The van der Waals surface area contributed by atoms with Gasteiger partial charge in [0.1, 0.15) is 5.75 Å². The molecule has 3 aromatic rings. The topological polar surface area (TPSA) is 67.9 Å². The lowest BCUT2D eigenvalue weighted by molar-refractivity contribution is -0.137. The van der Waals surface area contributed by atoms with E-state index in [0.29, 0.717) is 36.7 Å². The largest absolute Gasteiger partial charge is 0.496 e. The maximum atomic E-state index is 13.8. The molecule has 0 radical (unpaired) electrons. The Morgan fingerprint density at radius 1 is 0.838 bits per heavy atom. The number of hydrogen-bond donors (Lipinski definition) is 1. The third kappa shape index (κ3) is 5.12. The lowest BCUT2D eigenvalue weighted by Crippen LogP contribution is -2.56. The molecule has 2 amide bonds. The summed E-state index contributed by atoms with van der Waals surface area (Å²) in [6, 6.07) is 25.9. The minimum Gasteiger partial charge on any atom is -0.496 e. The summed E-state index contributed by atoms with van der Waals surface area (Å²) in [5.41, 5.74) is 4.17. The number of benzene rings is 3. The highest BCUT2D eigenvalue weighted by molar-refractivity contribution is 5.97. The van der Waals surface area contributed by atoms with Gasteiger partial charge in [-0.2, -0.15) is 0 Å². The number of amides is 2. The summed E-state index contributed by atoms with van der Waals surface area (Å²) >= 11 is 0. The Morgan fingerprint density at radius 2 is 1.54 bits per heavy atom. The van der Waals surface area contributed by atoms with Crippen molar-refractivity contribution in [3.63, 3.8) is 0 Å². The van der Waals surface area contributed by atoms with Crippen molar-refractivity contribution in [2.24, 2.45) is 0 Å². The molecule has 3 aromatic carbocycles. The third-order valence-corrected chi connectivity index (χ3v) is 7.83. The van der Waals surface area contributed by atoms with E-state index in [-0.39, 0.29) is 29.9 Å². The predicted octanol–water partition coefficient (Wildman–Crippen LogP) is 4.75. The summed E-state index contributed by atoms with van der Waals surface area (Å²) in [4.78, 5) is 28.7. The molecule has 0 unspecified atom stereocenters. The molecule has 0 spiro atoms. The van der Waals surface area contributed by atoms with Gasteiger partial charge in [0, 0.05) is 26.1 Å². The zero-order valence-corrected chi connectivity index (χ0v) is 21.4. The molecular weight excluding hydrogens is 464 g/mol. The average Bonchev–Trinajstić information content (AvgIpc) is 2.96. The number of methoxy groups -OCH3 is 2. The summed E-state index contributed by atoms with van der Waals surface area (Å²) in [6.07, 6.45) is 2.10. The second-order valence-electron chi connectivity index (χ2n) is 9.85. The number of nitrogens with zero attached hydrogens (tertiary/aromatic N) is 1. The first-order valence-corrected chi connectivity index (χ1v) is 13.0. The average molecular weight is 499 g/mol. The van der Waals surface area contributed by atoms with Crippen LogP contribution in [0.25, 0.3) is 0 Å². The fourth-order valence-electron chi connectivity index (χ4n) is 5.90.